The Morgan fingerprint density at radius 2 is 1.87 bits per heavy atom. The van der Waals surface area contributed by atoms with Gasteiger partial charge >= 0.3 is 0 Å². The minimum atomic E-state index is -0.211. The van der Waals surface area contributed by atoms with Crippen LogP contribution in [0.25, 0.3) is 0 Å². The molecule has 2 atom stereocenters. The molecule has 0 aliphatic heterocycles. The summed E-state index contributed by atoms with van der Waals surface area (Å²) >= 11 is 0. The maximum Gasteiger partial charge on any atom is 0.0543 e. The van der Waals surface area contributed by atoms with Crippen molar-refractivity contribution in [2.24, 2.45) is 5.92 Å². The lowest BCUT2D eigenvalue weighted by molar-refractivity contribution is 0.123. The van der Waals surface area contributed by atoms with Gasteiger partial charge in [0.2, 0.25) is 0 Å². The normalized spacial score (nSPS) is 15.0. The van der Waals surface area contributed by atoms with E-state index < -0.39 is 0 Å². The van der Waals surface area contributed by atoms with Crippen molar-refractivity contribution in [1.82, 2.24) is 0 Å². The summed E-state index contributed by atoms with van der Waals surface area (Å²) in [7, 11) is 0. The monoisotopic (exact) mass is 206 g/mol. The lowest BCUT2D eigenvalue weighted by atomic mass is 9.91. The van der Waals surface area contributed by atoms with Gasteiger partial charge in [0.05, 0.1) is 6.10 Å². The molecular weight excluding hydrogens is 184 g/mol. The molecule has 1 heteroatoms. The fraction of sp³-hybridized carbons (Fsp3) is 0.571. The maximum atomic E-state index is 9.60. The molecule has 1 N–H and O–H groups in total. The van der Waals surface area contributed by atoms with E-state index in [4.69, 9.17) is 0 Å². The maximum absolute atomic E-state index is 9.60. The molecule has 84 valence electrons. The summed E-state index contributed by atoms with van der Waals surface area (Å²) in [6, 6.07) is 6.58. The second kappa shape index (κ2) is 5.32. The van der Waals surface area contributed by atoms with Crippen LogP contribution in [0.2, 0.25) is 0 Å². The fourth-order valence-electron chi connectivity index (χ4n) is 1.89. The molecule has 0 heterocycles. The molecule has 0 aliphatic rings. The van der Waals surface area contributed by atoms with Gasteiger partial charge in [-0.15, -0.1) is 0 Å². The molecule has 0 spiro atoms. The van der Waals surface area contributed by atoms with Crippen LogP contribution in [0, 0.1) is 19.8 Å². The third kappa shape index (κ3) is 3.35. The average Bonchev–Trinajstić information content (AvgIpc) is 2.19. The molecule has 1 aromatic rings. The Kier molecular flexibility index (Phi) is 4.34. The average molecular weight is 206 g/mol. The minimum absolute atomic E-state index is 0.211. The molecule has 2 unspecified atom stereocenters. The molecule has 0 amide bonds. The first kappa shape index (κ1) is 12.3. The van der Waals surface area contributed by atoms with Crippen molar-refractivity contribution in [3.8, 4) is 0 Å². The van der Waals surface area contributed by atoms with Crippen LogP contribution in [0.4, 0.5) is 0 Å². The lowest BCUT2D eigenvalue weighted by Crippen LogP contribution is -2.18. The van der Waals surface area contributed by atoms with Crippen LogP contribution in [0.15, 0.2) is 18.2 Å². The topological polar surface area (TPSA) is 20.2 Å². The highest BCUT2D eigenvalue weighted by molar-refractivity contribution is 5.30. The number of aliphatic hydroxyl groups is 1. The Labute approximate surface area is 93.1 Å². The molecule has 0 fully saturated rings. The summed E-state index contributed by atoms with van der Waals surface area (Å²) in [4.78, 5) is 0. The van der Waals surface area contributed by atoms with Gasteiger partial charge in [0.15, 0.2) is 0 Å². The Morgan fingerprint density at radius 1 is 1.20 bits per heavy atom. The summed E-state index contributed by atoms with van der Waals surface area (Å²) < 4.78 is 0. The molecule has 0 bridgehead atoms. The van der Waals surface area contributed by atoms with Crippen LogP contribution < -0.4 is 0 Å². The van der Waals surface area contributed by atoms with Crippen molar-refractivity contribution in [2.75, 3.05) is 0 Å². The van der Waals surface area contributed by atoms with E-state index in [0.717, 1.165) is 12.8 Å². The van der Waals surface area contributed by atoms with E-state index in [1.807, 2.05) is 6.92 Å². The first-order chi connectivity index (χ1) is 7.04. The van der Waals surface area contributed by atoms with Gasteiger partial charge in [-0.2, -0.15) is 0 Å². The van der Waals surface area contributed by atoms with Crippen molar-refractivity contribution in [3.05, 3.63) is 34.9 Å². The van der Waals surface area contributed by atoms with Gasteiger partial charge in [0.25, 0.3) is 0 Å². The quantitative estimate of drug-likeness (QED) is 0.801. The van der Waals surface area contributed by atoms with E-state index in [1.54, 1.807) is 0 Å². The molecule has 0 aromatic heterocycles. The molecule has 0 saturated heterocycles. The SMILES string of the molecule is CCC(Cc1ccc(C)c(C)c1)C(C)O. The highest BCUT2D eigenvalue weighted by atomic mass is 16.3. The zero-order valence-corrected chi connectivity index (χ0v) is 10.2. The third-order valence-corrected chi connectivity index (χ3v) is 3.28. The number of aliphatic hydroxyl groups excluding tert-OH is 1. The van der Waals surface area contributed by atoms with Crippen LogP contribution in [0.1, 0.15) is 37.0 Å². The van der Waals surface area contributed by atoms with Crippen molar-refractivity contribution in [3.63, 3.8) is 0 Å². The van der Waals surface area contributed by atoms with Gasteiger partial charge < -0.3 is 5.11 Å². The van der Waals surface area contributed by atoms with E-state index in [-0.39, 0.29) is 6.10 Å². The summed E-state index contributed by atoms with van der Waals surface area (Å²) in [6.45, 7) is 8.29. The van der Waals surface area contributed by atoms with E-state index >= 15 is 0 Å². The number of benzene rings is 1. The van der Waals surface area contributed by atoms with Crippen LogP contribution in [-0.4, -0.2) is 11.2 Å². The van der Waals surface area contributed by atoms with Gasteiger partial charge in [-0.05, 0) is 49.8 Å². The van der Waals surface area contributed by atoms with Crippen molar-refractivity contribution < 1.29 is 5.11 Å². The number of hydrogen-bond donors (Lipinski definition) is 1. The highest BCUT2D eigenvalue weighted by Crippen LogP contribution is 2.18. The van der Waals surface area contributed by atoms with Gasteiger partial charge in [0.1, 0.15) is 0 Å². The molecule has 0 aliphatic carbocycles. The second-order valence-corrected chi connectivity index (χ2v) is 4.53. The fourth-order valence-corrected chi connectivity index (χ4v) is 1.89. The largest absolute Gasteiger partial charge is 0.393 e. The lowest BCUT2D eigenvalue weighted by Gasteiger charge is -2.18. The van der Waals surface area contributed by atoms with Gasteiger partial charge in [-0.25, -0.2) is 0 Å². The zero-order chi connectivity index (χ0) is 11.4. The first-order valence-electron chi connectivity index (χ1n) is 5.78. The summed E-state index contributed by atoms with van der Waals surface area (Å²) in [5.41, 5.74) is 4.02. The first-order valence-corrected chi connectivity index (χ1v) is 5.78. The predicted octanol–water partition coefficient (Wildman–Crippen LogP) is 3.25. The minimum Gasteiger partial charge on any atom is -0.393 e. The molecule has 0 radical (unpaired) electrons. The summed E-state index contributed by atoms with van der Waals surface area (Å²) in [5, 5.41) is 9.60. The second-order valence-electron chi connectivity index (χ2n) is 4.53. The van der Waals surface area contributed by atoms with Crippen molar-refractivity contribution in [2.45, 2.75) is 46.6 Å². The molecule has 1 nitrogen and oxygen atoms in total. The Hall–Kier alpha value is -0.820. The molecule has 0 saturated carbocycles. The van der Waals surface area contributed by atoms with Crippen LogP contribution in [0.3, 0.4) is 0 Å². The Morgan fingerprint density at radius 3 is 2.33 bits per heavy atom. The predicted molar refractivity (Wildman–Crippen MR) is 65.1 cm³/mol. The summed E-state index contributed by atoms with van der Waals surface area (Å²) in [5.74, 6) is 0.382. The van der Waals surface area contributed by atoms with Crippen LogP contribution in [-0.2, 0) is 6.42 Å². The van der Waals surface area contributed by atoms with Crippen molar-refractivity contribution in [1.29, 1.82) is 0 Å². The Balaban J connectivity index is 2.75. The van der Waals surface area contributed by atoms with Crippen LogP contribution in [0.5, 0.6) is 0 Å². The highest BCUT2D eigenvalue weighted by Gasteiger charge is 2.13. The molecule has 1 aromatic carbocycles. The number of rotatable bonds is 4. The zero-order valence-electron chi connectivity index (χ0n) is 10.2. The van der Waals surface area contributed by atoms with Gasteiger partial charge in [0, 0.05) is 0 Å². The standard InChI is InChI=1S/C14H22O/c1-5-14(12(4)15)9-13-7-6-10(2)11(3)8-13/h6-8,12,14-15H,5,9H2,1-4H3. The van der Waals surface area contributed by atoms with Crippen LogP contribution >= 0.6 is 0 Å². The molecule has 15 heavy (non-hydrogen) atoms. The van der Waals surface area contributed by atoms with E-state index in [1.165, 1.54) is 16.7 Å². The molecule has 1 rings (SSSR count). The summed E-state index contributed by atoms with van der Waals surface area (Å²) in [6.07, 6.45) is 1.80. The van der Waals surface area contributed by atoms with Gasteiger partial charge in [-0.1, -0.05) is 31.5 Å². The number of hydrogen-bond acceptors (Lipinski definition) is 1. The molecular formula is C14H22O. The Bertz CT molecular complexity index is 315. The van der Waals surface area contributed by atoms with Gasteiger partial charge in [-0.3, -0.25) is 0 Å². The van der Waals surface area contributed by atoms with Crippen molar-refractivity contribution >= 4 is 0 Å². The van der Waals surface area contributed by atoms with E-state index in [0.29, 0.717) is 5.92 Å². The smallest absolute Gasteiger partial charge is 0.0543 e. The van der Waals surface area contributed by atoms with E-state index in [2.05, 4.69) is 39.0 Å². The number of aryl methyl sites for hydroxylation is 2. The van der Waals surface area contributed by atoms with E-state index in [9.17, 15) is 5.11 Å². The third-order valence-electron chi connectivity index (χ3n) is 3.28.